The molecule has 2 aromatic heterocycles. The Hall–Kier alpha value is -2.61. The molecule has 1 unspecified atom stereocenters. The van der Waals surface area contributed by atoms with Gasteiger partial charge in [-0.1, -0.05) is 23.7 Å². The molecule has 0 radical (unpaired) electrons. The van der Waals surface area contributed by atoms with Crippen molar-refractivity contribution >= 4 is 28.6 Å². The van der Waals surface area contributed by atoms with Crippen LogP contribution in [0.4, 0.5) is 0 Å². The van der Waals surface area contributed by atoms with Crippen LogP contribution in [0, 0.1) is 0 Å². The van der Waals surface area contributed by atoms with Crippen LogP contribution in [0.3, 0.4) is 0 Å². The maximum atomic E-state index is 12.0. The average molecular weight is 351 g/mol. The lowest BCUT2D eigenvalue weighted by Gasteiger charge is -2.07. The lowest BCUT2D eigenvalue weighted by molar-refractivity contribution is 0.0895. The molecule has 0 saturated heterocycles. The second kappa shape index (κ2) is 6.48. The molecular formula is C15H15ClN4O4. The monoisotopic (exact) mass is 350 g/mol. The van der Waals surface area contributed by atoms with E-state index in [-0.39, 0.29) is 24.3 Å². The summed E-state index contributed by atoms with van der Waals surface area (Å²) >= 11 is 5.95. The maximum absolute atomic E-state index is 12.0. The number of rotatable bonds is 5. The van der Waals surface area contributed by atoms with Gasteiger partial charge in [0, 0.05) is 11.1 Å². The molecule has 0 aliphatic heterocycles. The molecule has 1 amide bonds. The smallest absolute Gasteiger partial charge is 0.408 e. The molecular weight excluding hydrogens is 336 g/mol. The Labute approximate surface area is 141 Å². The van der Waals surface area contributed by atoms with E-state index in [1.54, 1.807) is 18.2 Å². The van der Waals surface area contributed by atoms with Gasteiger partial charge in [-0.3, -0.25) is 9.36 Å². The molecule has 1 aromatic carbocycles. The molecule has 0 saturated carbocycles. The first kappa shape index (κ1) is 16.3. The minimum atomic E-state index is -0.567. The van der Waals surface area contributed by atoms with Gasteiger partial charge in [-0.05, 0) is 31.5 Å². The van der Waals surface area contributed by atoms with Gasteiger partial charge in [-0.25, -0.2) is 4.79 Å². The first-order chi connectivity index (χ1) is 11.5. The number of amides is 1. The van der Waals surface area contributed by atoms with E-state index in [1.165, 1.54) is 4.57 Å². The van der Waals surface area contributed by atoms with E-state index in [4.69, 9.17) is 20.5 Å². The maximum Gasteiger partial charge on any atom is 0.420 e. The van der Waals surface area contributed by atoms with E-state index < -0.39 is 11.7 Å². The summed E-state index contributed by atoms with van der Waals surface area (Å²) in [7, 11) is 0. The second-order valence-electron chi connectivity index (χ2n) is 5.36. The van der Waals surface area contributed by atoms with E-state index >= 15 is 0 Å². The van der Waals surface area contributed by atoms with Gasteiger partial charge in [0.1, 0.15) is 0 Å². The minimum absolute atomic E-state index is 0.00423. The summed E-state index contributed by atoms with van der Waals surface area (Å²) < 4.78 is 11.4. The molecule has 0 spiro atoms. The summed E-state index contributed by atoms with van der Waals surface area (Å²) in [6.07, 6.45) is 0.782. The minimum Gasteiger partial charge on any atom is -0.408 e. The molecule has 3 rings (SSSR count). The third-order valence-corrected chi connectivity index (χ3v) is 3.82. The normalized spacial score (nSPS) is 12.5. The Morgan fingerprint density at radius 1 is 1.46 bits per heavy atom. The molecule has 1 atom stereocenters. The quantitative estimate of drug-likeness (QED) is 0.756. The average Bonchev–Trinajstić information content (AvgIpc) is 3.13. The molecule has 126 valence electrons. The van der Waals surface area contributed by atoms with E-state index in [2.05, 4.69) is 15.5 Å². The first-order valence-corrected chi connectivity index (χ1v) is 7.78. The Kier molecular flexibility index (Phi) is 4.39. The van der Waals surface area contributed by atoms with Gasteiger partial charge in [-0.15, -0.1) is 0 Å². The molecule has 0 fully saturated rings. The molecule has 24 heavy (non-hydrogen) atoms. The SMILES string of the molecule is CCC(C)NC(=O)c1nc(Cn2c(=O)oc3ccc(Cl)cc32)no1. The summed E-state index contributed by atoms with van der Waals surface area (Å²) in [6.45, 7) is 3.83. The summed E-state index contributed by atoms with van der Waals surface area (Å²) in [5, 5.41) is 6.93. The number of benzene rings is 1. The Balaban J connectivity index is 1.85. The zero-order valence-corrected chi connectivity index (χ0v) is 13.8. The van der Waals surface area contributed by atoms with Gasteiger partial charge in [0.15, 0.2) is 11.4 Å². The van der Waals surface area contributed by atoms with E-state index in [9.17, 15) is 9.59 Å². The third-order valence-electron chi connectivity index (χ3n) is 3.58. The third kappa shape index (κ3) is 3.18. The highest BCUT2D eigenvalue weighted by molar-refractivity contribution is 6.31. The highest BCUT2D eigenvalue weighted by Crippen LogP contribution is 2.18. The second-order valence-corrected chi connectivity index (χ2v) is 5.80. The van der Waals surface area contributed by atoms with Crippen LogP contribution in [-0.4, -0.2) is 26.7 Å². The van der Waals surface area contributed by atoms with Crippen molar-refractivity contribution in [1.82, 2.24) is 20.0 Å². The topological polar surface area (TPSA) is 103 Å². The summed E-state index contributed by atoms with van der Waals surface area (Å²) in [4.78, 5) is 27.9. The van der Waals surface area contributed by atoms with Crippen molar-refractivity contribution in [3.8, 4) is 0 Å². The van der Waals surface area contributed by atoms with Crippen LogP contribution in [0.15, 0.2) is 31.9 Å². The van der Waals surface area contributed by atoms with Crippen molar-refractivity contribution in [3.05, 3.63) is 45.5 Å². The zero-order chi connectivity index (χ0) is 17.3. The lowest BCUT2D eigenvalue weighted by Crippen LogP contribution is -2.32. The van der Waals surface area contributed by atoms with Crippen molar-refractivity contribution in [3.63, 3.8) is 0 Å². The summed E-state index contributed by atoms with van der Waals surface area (Å²) in [5.74, 6) is -0.975. The number of aromatic nitrogens is 3. The van der Waals surface area contributed by atoms with Crippen molar-refractivity contribution in [2.24, 2.45) is 0 Å². The van der Waals surface area contributed by atoms with Gasteiger partial charge in [0.05, 0.1) is 12.1 Å². The van der Waals surface area contributed by atoms with Crippen LogP contribution in [0.25, 0.3) is 11.1 Å². The standard InChI is InChI=1S/C15H15ClN4O4/c1-3-8(2)17-13(21)14-18-12(19-24-14)7-20-10-6-9(16)4-5-11(10)23-15(20)22/h4-6,8H,3,7H2,1-2H3,(H,17,21). The van der Waals surface area contributed by atoms with Gasteiger partial charge in [0.2, 0.25) is 0 Å². The Bertz CT molecular complexity index is 942. The molecule has 3 aromatic rings. The van der Waals surface area contributed by atoms with Gasteiger partial charge in [-0.2, -0.15) is 4.98 Å². The molecule has 1 N–H and O–H groups in total. The fourth-order valence-corrected chi connectivity index (χ4v) is 2.29. The Morgan fingerprint density at radius 3 is 3.00 bits per heavy atom. The molecule has 0 bridgehead atoms. The van der Waals surface area contributed by atoms with Crippen LogP contribution < -0.4 is 11.1 Å². The molecule has 0 aliphatic carbocycles. The molecule has 8 nitrogen and oxygen atoms in total. The van der Waals surface area contributed by atoms with Gasteiger partial charge >= 0.3 is 17.6 Å². The number of fused-ring (bicyclic) bond motifs is 1. The fourth-order valence-electron chi connectivity index (χ4n) is 2.12. The lowest BCUT2D eigenvalue weighted by atomic mass is 10.2. The van der Waals surface area contributed by atoms with Crippen molar-refractivity contribution in [1.29, 1.82) is 0 Å². The highest BCUT2D eigenvalue weighted by atomic mass is 35.5. The number of nitrogens with one attached hydrogen (secondary N) is 1. The van der Waals surface area contributed by atoms with Gasteiger partial charge in [0.25, 0.3) is 0 Å². The number of oxazole rings is 1. The zero-order valence-electron chi connectivity index (χ0n) is 13.1. The van der Waals surface area contributed by atoms with E-state index in [0.29, 0.717) is 16.1 Å². The number of carbonyl (C=O) groups excluding carboxylic acids is 1. The van der Waals surface area contributed by atoms with E-state index in [1.807, 2.05) is 13.8 Å². The molecule has 2 heterocycles. The highest BCUT2D eigenvalue weighted by Gasteiger charge is 2.18. The van der Waals surface area contributed by atoms with Crippen molar-refractivity contribution in [2.45, 2.75) is 32.9 Å². The number of carbonyl (C=O) groups is 1. The van der Waals surface area contributed by atoms with Crippen molar-refractivity contribution < 1.29 is 13.7 Å². The summed E-state index contributed by atoms with van der Waals surface area (Å²) in [5.41, 5.74) is 0.922. The van der Waals surface area contributed by atoms with Gasteiger partial charge < -0.3 is 14.3 Å². The number of hydrogen-bond acceptors (Lipinski definition) is 6. The number of nitrogens with zero attached hydrogens (tertiary/aromatic N) is 3. The predicted octanol–water partition coefficient (Wildman–Crippen LogP) is 2.21. The molecule has 9 heteroatoms. The van der Waals surface area contributed by atoms with Crippen LogP contribution in [0.5, 0.6) is 0 Å². The Morgan fingerprint density at radius 2 is 2.25 bits per heavy atom. The number of hydrogen-bond donors (Lipinski definition) is 1. The van der Waals surface area contributed by atoms with Crippen LogP contribution in [0.2, 0.25) is 5.02 Å². The van der Waals surface area contributed by atoms with Crippen LogP contribution in [0.1, 0.15) is 36.8 Å². The van der Waals surface area contributed by atoms with E-state index in [0.717, 1.165) is 6.42 Å². The largest absolute Gasteiger partial charge is 0.420 e. The van der Waals surface area contributed by atoms with Crippen LogP contribution >= 0.6 is 11.6 Å². The first-order valence-electron chi connectivity index (χ1n) is 7.40. The van der Waals surface area contributed by atoms with Crippen molar-refractivity contribution in [2.75, 3.05) is 0 Å². The molecule has 0 aliphatic rings. The number of halogens is 1. The fraction of sp³-hybridized carbons (Fsp3) is 0.333. The van der Waals surface area contributed by atoms with Crippen LogP contribution in [-0.2, 0) is 6.54 Å². The summed E-state index contributed by atoms with van der Waals surface area (Å²) in [6, 6.07) is 4.84. The predicted molar refractivity (Wildman–Crippen MR) is 86.1 cm³/mol.